The second-order valence-corrected chi connectivity index (χ2v) is 4.71. The first-order valence-electron chi connectivity index (χ1n) is 5.73. The van der Waals surface area contributed by atoms with Crippen LogP contribution in [0.2, 0.25) is 0 Å². The van der Waals surface area contributed by atoms with E-state index in [1.807, 2.05) is 0 Å². The molecule has 1 saturated carbocycles. The SMILES string of the molecule is Cc1c(C2CCC(F)(F)CC2)ccc(F)c1F. The smallest absolute Gasteiger partial charge is 0.207 e. The molecule has 0 spiro atoms. The van der Waals surface area contributed by atoms with Crippen molar-refractivity contribution in [2.45, 2.75) is 44.4 Å². The molecule has 17 heavy (non-hydrogen) atoms. The Balaban J connectivity index is 2.22. The minimum absolute atomic E-state index is 0.0790. The molecule has 0 aromatic heterocycles. The predicted molar refractivity (Wildman–Crippen MR) is 57.3 cm³/mol. The van der Waals surface area contributed by atoms with Gasteiger partial charge in [-0.1, -0.05) is 6.07 Å². The highest BCUT2D eigenvalue weighted by molar-refractivity contribution is 5.31. The Morgan fingerprint density at radius 2 is 1.71 bits per heavy atom. The van der Waals surface area contributed by atoms with Crippen LogP contribution in [0.4, 0.5) is 17.6 Å². The molecule has 0 N–H and O–H groups in total. The van der Waals surface area contributed by atoms with E-state index in [2.05, 4.69) is 0 Å². The van der Waals surface area contributed by atoms with Gasteiger partial charge in [-0.15, -0.1) is 0 Å². The Morgan fingerprint density at radius 3 is 2.29 bits per heavy atom. The van der Waals surface area contributed by atoms with Crippen LogP contribution in [0.5, 0.6) is 0 Å². The van der Waals surface area contributed by atoms with Gasteiger partial charge in [0.1, 0.15) is 0 Å². The fraction of sp³-hybridized carbons (Fsp3) is 0.538. The summed E-state index contributed by atoms with van der Waals surface area (Å²) in [6.07, 6.45) is 0.323. The van der Waals surface area contributed by atoms with E-state index in [9.17, 15) is 17.6 Å². The van der Waals surface area contributed by atoms with Gasteiger partial charge in [-0.05, 0) is 42.9 Å². The Morgan fingerprint density at radius 1 is 1.12 bits per heavy atom. The van der Waals surface area contributed by atoms with Crippen molar-refractivity contribution in [3.63, 3.8) is 0 Å². The summed E-state index contributed by atoms with van der Waals surface area (Å²) in [4.78, 5) is 0. The van der Waals surface area contributed by atoms with Gasteiger partial charge in [0.05, 0.1) is 0 Å². The fourth-order valence-corrected chi connectivity index (χ4v) is 2.46. The number of hydrogen-bond donors (Lipinski definition) is 0. The standard InChI is InChI=1S/C13H14F4/c1-8-10(2-3-11(14)12(8)15)9-4-6-13(16,17)7-5-9/h2-3,9H,4-7H2,1H3. The van der Waals surface area contributed by atoms with Gasteiger partial charge in [0, 0.05) is 12.8 Å². The highest BCUT2D eigenvalue weighted by Gasteiger charge is 2.36. The van der Waals surface area contributed by atoms with Crippen molar-refractivity contribution < 1.29 is 17.6 Å². The van der Waals surface area contributed by atoms with Crippen molar-refractivity contribution in [2.24, 2.45) is 0 Å². The summed E-state index contributed by atoms with van der Waals surface area (Å²) in [5.41, 5.74) is 0.916. The first kappa shape index (κ1) is 12.4. The zero-order valence-corrected chi connectivity index (χ0v) is 9.57. The van der Waals surface area contributed by atoms with E-state index in [-0.39, 0.29) is 24.3 Å². The molecule has 0 aliphatic heterocycles. The average Bonchev–Trinajstić information content (AvgIpc) is 2.27. The molecule has 0 heterocycles. The molecular weight excluding hydrogens is 232 g/mol. The summed E-state index contributed by atoms with van der Waals surface area (Å²) in [5.74, 6) is -4.42. The second kappa shape index (κ2) is 4.31. The lowest BCUT2D eigenvalue weighted by Gasteiger charge is -2.29. The van der Waals surface area contributed by atoms with E-state index in [0.717, 1.165) is 6.07 Å². The van der Waals surface area contributed by atoms with Crippen LogP contribution in [0, 0.1) is 18.6 Å². The van der Waals surface area contributed by atoms with Crippen molar-refractivity contribution in [1.29, 1.82) is 0 Å². The molecule has 1 fully saturated rings. The zero-order chi connectivity index (χ0) is 12.6. The third-order valence-corrected chi connectivity index (χ3v) is 3.54. The van der Waals surface area contributed by atoms with Crippen molar-refractivity contribution in [2.75, 3.05) is 0 Å². The maximum atomic E-state index is 13.4. The predicted octanol–water partition coefficient (Wildman–Crippen LogP) is 4.57. The summed E-state index contributed by atoms with van der Waals surface area (Å²) < 4.78 is 52.3. The van der Waals surface area contributed by atoms with E-state index in [1.165, 1.54) is 13.0 Å². The molecule has 0 atom stereocenters. The van der Waals surface area contributed by atoms with Gasteiger partial charge in [-0.3, -0.25) is 0 Å². The van der Waals surface area contributed by atoms with E-state index >= 15 is 0 Å². The Hall–Kier alpha value is -1.06. The molecule has 1 aromatic carbocycles. The molecule has 1 aliphatic carbocycles. The largest absolute Gasteiger partial charge is 0.248 e. The van der Waals surface area contributed by atoms with Gasteiger partial charge < -0.3 is 0 Å². The number of halogens is 4. The summed E-state index contributed by atoms with van der Waals surface area (Å²) in [6, 6.07) is 2.59. The van der Waals surface area contributed by atoms with Crippen LogP contribution in [-0.4, -0.2) is 5.92 Å². The molecule has 4 heteroatoms. The molecule has 0 unspecified atom stereocenters. The van der Waals surface area contributed by atoms with Gasteiger partial charge in [0.25, 0.3) is 0 Å². The van der Waals surface area contributed by atoms with Crippen LogP contribution in [0.1, 0.15) is 42.7 Å². The van der Waals surface area contributed by atoms with E-state index < -0.39 is 17.6 Å². The van der Waals surface area contributed by atoms with Gasteiger partial charge >= 0.3 is 0 Å². The average molecular weight is 246 g/mol. The minimum Gasteiger partial charge on any atom is -0.207 e. The molecular formula is C13H14F4. The molecule has 2 rings (SSSR count). The maximum Gasteiger partial charge on any atom is 0.248 e. The van der Waals surface area contributed by atoms with Crippen LogP contribution in [0.3, 0.4) is 0 Å². The molecule has 0 radical (unpaired) electrons. The fourth-order valence-electron chi connectivity index (χ4n) is 2.46. The van der Waals surface area contributed by atoms with Crippen molar-refractivity contribution in [3.05, 3.63) is 34.9 Å². The second-order valence-electron chi connectivity index (χ2n) is 4.71. The Labute approximate surface area is 97.6 Å². The third-order valence-electron chi connectivity index (χ3n) is 3.54. The van der Waals surface area contributed by atoms with Gasteiger partial charge in [0.2, 0.25) is 5.92 Å². The molecule has 0 saturated heterocycles. The van der Waals surface area contributed by atoms with Crippen LogP contribution in [0.25, 0.3) is 0 Å². The highest BCUT2D eigenvalue weighted by Crippen LogP contribution is 2.42. The summed E-state index contributed by atoms with van der Waals surface area (Å²) in [5, 5.41) is 0. The molecule has 0 amide bonds. The van der Waals surface area contributed by atoms with Gasteiger partial charge in [-0.2, -0.15) is 0 Å². The lowest BCUT2D eigenvalue weighted by Crippen LogP contribution is -2.24. The molecule has 0 nitrogen and oxygen atoms in total. The lowest BCUT2D eigenvalue weighted by atomic mass is 9.80. The number of alkyl halides is 2. The Kier molecular flexibility index (Phi) is 3.15. The van der Waals surface area contributed by atoms with Crippen molar-refractivity contribution >= 4 is 0 Å². The van der Waals surface area contributed by atoms with Crippen LogP contribution in [-0.2, 0) is 0 Å². The van der Waals surface area contributed by atoms with E-state index in [0.29, 0.717) is 18.4 Å². The van der Waals surface area contributed by atoms with Crippen molar-refractivity contribution in [3.8, 4) is 0 Å². The Bertz CT molecular complexity index is 416. The summed E-state index contributed by atoms with van der Waals surface area (Å²) in [7, 11) is 0. The van der Waals surface area contributed by atoms with Crippen LogP contribution in [0.15, 0.2) is 12.1 Å². The quantitative estimate of drug-likeness (QED) is 0.637. The minimum atomic E-state index is -2.59. The number of rotatable bonds is 1. The number of benzene rings is 1. The highest BCUT2D eigenvalue weighted by atomic mass is 19.3. The van der Waals surface area contributed by atoms with Crippen LogP contribution < -0.4 is 0 Å². The van der Waals surface area contributed by atoms with E-state index in [4.69, 9.17) is 0 Å². The molecule has 1 aliphatic rings. The first-order chi connectivity index (χ1) is 7.91. The molecule has 1 aromatic rings. The van der Waals surface area contributed by atoms with Crippen molar-refractivity contribution in [1.82, 2.24) is 0 Å². The summed E-state index contributed by atoms with van der Waals surface area (Å²) >= 11 is 0. The topological polar surface area (TPSA) is 0 Å². The lowest BCUT2D eigenvalue weighted by molar-refractivity contribution is -0.0382. The zero-order valence-electron chi connectivity index (χ0n) is 9.57. The van der Waals surface area contributed by atoms with Gasteiger partial charge in [-0.25, -0.2) is 17.6 Å². The molecule has 0 bridgehead atoms. The third kappa shape index (κ3) is 2.45. The monoisotopic (exact) mass is 246 g/mol. The normalized spacial score (nSPS) is 20.5. The van der Waals surface area contributed by atoms with Gasteiger partial charge in [0.15, 0.2) is 11.6 Å². The van der Waals surface area contributed by atoms with Crippen LogP contribution >= 0.6 is 0 Å². The van der Waals surface area contributed by atoms with E-state index in [1.54, 1.807) is 0 Å². The summed E-state index contributed by atoms with van der Waals surface area (Å²) in [6.45, 7) is 1.50. The molecule has 94 valence electrons. The number of hydrogen-bond acceptors (Lipinski definition) is 0. The first-order valence-corrected chi connectivity index (χ1v) is 5.73. The maximum absolute atomic E-state index is 13.4.